The van der Waals surface area contributed by atoms with E-state index in [0.29, 0.717) is 0 Å². The number of benzene rings is 1. The lowest BCUT2D eigenvalue weighted by Crippen LogP contribution is -2.30. The van der Waals surface area contributed by atoms with Gasteiger partial charge in [0, 0.05) is 12.6 Å². The molecule has 0 fully saturated rings. The quantitative estimate of drug-likeness (QED) is 0.741. The normalized spacial score (nSPS) is 13.0. The minimum absolute atomic E-state index is 0.107. The van der Waals surface area contributed by atoms with Gasteiger partial charge in [-0.2, -0.15) is 0 Å². The third kappa shape index (κ3) is 4.33. The van der Waals surface area contributed by atoms with Crippen LogP contribution in [0.3, 0.4) is 0 Å². The van der Waals surface area contributed by atoms with Crippen molar-refractivity contribution in [3.63, 3.8) is 0 Å². The van der Waals surface area contributed by atoms with Crippen LogP contribution in [0.2, 0.25) is 0 Å². The van der Waals surface area contributed by atoms with E-state index in [-0.39, 0.29) is 6.04 Å². The van der Waals surface area contributed by atoms with E-state index in [1.807, 2.05) is 18.2 Å². The molecule has 3 N–H and O–H groups in total. The van der Waals surface area contributed by atoms with E-state index in [1.54, 1.807) is 0 Å². The Morgan fingerprint density at radius 2 is 1.69 bits per heavy atom. The zero-order valence-electron chi connectivity index (χ0n) is 10.4. The lowest BCUT2D eigenvalue weighted by Gasteiger charge is -2.17. The summed E-state index contributed by atoms with van der Waals surface area (Å²) in [7, 11) is 0. The summed E-state index contributed by atoms with van der Waals surface area (Å²) >= 11 is 0. The van der Waals surface area contributed by atoms with E-state index in [9.17, 15) is 0 Å². The Bertz CT molecular complexity index is 267. The summed E-state index contributed by atoms with van der Waals surface area (Å²) in [5.74, 6) is 0.781. The van der Waals surface area contributed by atoms with Crippen LogP contribution in [0.1, 0.15) is 38.3 Å². The molecular formula is C14H24N2. The maximum Gasteiger partial charge on any atom is 0.0421 e. The molecule has 0 radical (unpaired) electrons. The van der Waals surface area contributed by atoms with Gasteiger partial charge in [0.05, 0.1) is 0 Å². The molecule has 1 unspecified atom stereocenters. The molecule has 1 rings (SSSR count). The molecule has 1 aromatic carbocycles. The summed E-state index contributed by atoms with van der Waals surface area (Å²) in [5.41, 5.74) is 7.31. The third-order valence-electron chi connectivity index (χ3n) is 3.18. The van der Waals surface area contributed by atoms with E-state index < -0.39 is 0 Å². The van der Waals surface area contributed by atoms with Crippen molar-refractivity contribution in [2.75, 3.05) is 13.1 Å². The highest BCUT2D eigenvalue weighted by molar-refractivity contribution is 5.18. The van der Waals surface area contributed by atoms with Gasteiger partial charge in [-0.1, -0.05) is 57.0 Å². The molecule has 0 heterocycles. The van der Waals surface area contributed by atoms with E-state index in [2.05, 4.69) is 31.3 Å². The Labute approximate surface area is 99.2 Å². The van der Waals surface area contributed by atoms with Gasteiger partial charge in [-0.15, -0.1) is 0 Å². The molecule has 1 aromatic rings. The molecule has 0 saturated heterocycles. The van der Waals surface area contributed by atoms with E-state index in [1.165, 1.54) is 18.4 Å². The van der Waals surface area contributed by atoms with Crippen LogP contribution in [0, 0.1) is 5.92 Å². The van der Waals surface area contributed by atoms with Gasteiger partial charge in [-0.25, -0.2) is 0 Å². The zero-order valence-corrected chi connectivity index (χ0v) is 10.4. The fourth-order valence-electron chi connectivity index (χ4n) is 1.84. The van der Waals surface area contributed by atoms with Crippen LogP contribution in [-0.2, 0) is 0 Å². The van der Waals surface area contributed by atoms with E-state index >= 15 is 0 Å². The van der Waals surface area contributed by atoms with Crippen molar-refractivity contribution < 1.29 is 0 Å². The van der Waals surface area contributed by atoms with Crippen molar-refractivity contribution in [1.82, 2.24) is 5.32 Å². The number of nitrogens with two attached hydrogens (primary N) is 1. The maximum absolute atomic E-state index is 6.10. The van der Waals surface area contributed by atoms with Crippen LogP contribution in [-0.4, -0.2) is 13.1 Å². The maximum atomic E-state index is 6.10. The van der Waals surface area contributed by atoms with Gasteiger partial charge in [0.25, 0.3) is 0 Å². The molecule has 1 atom stereocenters. The Balaban J connectivity index is 2.28. The smallest absolute Gasteiger partial charge is 0.0421 e. The molecular weight excluding hydrogens is 196 g/mol. The minimum atomic E-state index is 0.107. The molecule has 0 saturated carbocycles. The van der Waals surface area contributed by atoms with Crippen LogP contribution in [0.15, 0.2) is 30.3 Å². The zero-order chi connectivity index (χ0) is 11.8. The van der Waals surface area contributed by atoms with Crippen molar-refractivity contribution in [3.8, 4) is 0 Å². The molecule has 0 spiro atoms. The fraction of sp³-hybridized carbons (Fsp3) is 0.571. The summed E-state index contributed by atoms with van der Waals surface area (Å²) in [6, 6.07) is 10.4. The van der Waals surface area contributed by atoms with Crippen molar-refractivity contribution in [1.29, 1.82) is 0 Å². The SMILES string of the molecule is CCC(CC)CNCC(N)c1ccccc1. The lowest BCUT2D eigenvalue weighted by atomic mass is 10.0. The predicted molar refractivity (Wildman–Crippen MR) is 70.3 cm³/mol. The topological polar surface area (TPSA) is 38.0 Å². The van der Waals surface area contributed by atoms with Crippen LogP contribution in [0.4, 0.5) is 0 Å². The highest BCUT2D eigenvalue weighted by Gasteiger charge is 2.06. The average molecular weight is 220 g/mol. The standard InChI is InChI=1S/C14H24N2/c1-3-12(4-2)10-16-11-14(15)13-8-6-5-7-9-13/h5-9,12,14,16H,3-4,10-11,15H2,1-2H3. The van der Waals surface area contributed by atoms with Crippen LogP contribution in [0.5, 0.6) is 0 Å². The van der Waals surface area contributed by atoms with Gasteiger partial charge in [-0.05, 0) is 18.0 Å². The number of nitrogens with one attached hydrogen (secondary N) is 1. The fourth-order valence-corrected chi connectivity index (χ4v) is 1.84. The largest absolute Gasteiger partial charge is 0.323 e. The van der Waals surface area contributed by atoms with E-state index in [0.717, 1.165) is 19.0 Å². The first-order chi connectivity index (χ1) is 7.77. The highest BCUT2D eigenvalue weighted by Crippen LogP contribution is 2.09. The van der Waals surface area contributed by atoms with E-state index in [4.69, 9.17) is 5.73 Å². The van der Waals surface area contributed by atoms with Crippen molar-refractivity contribution >= 4 is 0 Å². The molecule has 0 aliphatic heterocycles. The van der Waals surface area contributed by atoms with Gasteiger partial charge >= 0.3 is 0 Å². The second-order valence-electron chi connectivity index (χ2n) is 4.36. The first-order valence-electron chi connectivity index (χ1n) is 6.29. The van der Waals surface area contributed by atoms with Gasteiger partial charge in [0.1, 0.15) is 0 Å². The second-order valence-corrected chi connectivity index (χ2v) is 4.36. The van der Waals surface area contributed by atoms with Crippen molar-refractivity contribution in [2.45, 2.75) is 32.7 Å². The molecule has 0 aromatic heterocycles. The Kier molecular flexibility index (Phi) is 6.12. The summed E-state index contributed by atoms with van der Waals surface area (Å²) < 4.78 is 0. The monoisotopic (exact) mass is 220 g/mol. The Morgan fingerprint density at radius 3 is 2.25 bits per heavy atom. The van der Waals surface area contributed by atoms with Gasteiger partial charge in [0.15, 0.2) is 0 Å². The predicted octanol–water partition coefficient (Wildman–Crippen LogP) is 2.71. The summed E-state index contributed by atoms with van der Waals surface area (Å²) in [4.78, 5) is 0. The van der Waals surface area contributed by atoms with Crippen molar-refractivity contribution in [3.05, 3.63) is 35.9 Å². The number of rotatable bonds is 7. The first kappa shape index (κ1) is 13.2. The summed E-state index contributed by atoms with van der Waals surface area (Å²) in [6.07, 6.45) is 2.48. The molecule has 0 amide bonds. The Morgan fingerprint density at radius 1 is 1.06 bits per heavy atom. The Hall–Kier alpha value is -0.860. The second kappa shape index (κ2) is 7.42. The van der Waals surface area contributed by atoms with Crippen LogP contribution < -0.4 is 11.1 Å². The highest BCUT2D eigenvalue weighted by atomic mass is 14.9. The molecule has 2 nitrogen and oxygen atoms in total. The third-order valence-corrected chi connectivity index (χ3v) is 3.18. The molecule has 0 aliphatic rings. The average Bonchev–Trinajstić information content (AvgIpc) is 2.35. The molecule has 0 aliphatic carbocycles. The molecule has 2 heteroatoms. The molecule has 0 bridgehead atoms. The van der Waals surface area contributed by atoms with Gasteiger partial charge in [-0.3, -0.25) is 0 Å². The van der Waals surface area contributed by atoms with Gasteiger partial charge in [0.2, 0.25) is 0 Å². The number of hydrogen-bond acceptors (Lipinski definition) is 2. The molecule has 90 valence electrons. The summed E-state index contributed by atoms with van der Waals surface area (Å²) in [5, 5.41) is 3.46. The first-order valence-corrected chi connectivity index (χ1v) is 6.29. The van der Waals surface area contributed by atoms with Gasteiger partial charge < -0.3 is 11.1 Å². The summed E-state index contributed by atoms with van der Waals surface area (Å²) in [6.45, 7) is 6.42. The minimum Gasteiger partial charge on any atom is -0.323 e. The molecule has 16 heavy (non-hydrogen) atoms. The van der Waals surface area contributed by atoms with Crippen molar-refractivity contribution in [2.24, 2.45) is 11.7 Å². The van der Waals surface area contributed by atoms with Crippen LogP contribution >= 0.6 is 0 Å². The number of hydrogen-bond donors (Lipinski definition) is 2. The van der Waals surface area contributed by atoms with Crippen LogP contribution in [0.25, 0.3) is 0 Å². The lowest BCUT2D eigenvalue weighted by molar-refractivity contribution is 0.440.